The molecule has 1 saturated heterocycles. The summed E-state index contributed by atoms with van der Waals surface area (Å²) in [6.45, 7) is 4.29. The van der Waals surface area contributed by atoms with Crippen molar-refractivity contribution in [2.75, 3.05) is 40.4 Å². The van der Waals surface area contributed by atoms with Gasteiger partial charge < -0.3 is 24.0 Å². The van der Waals surface area contributed by atoms with Crippen LogP contribution in [0.15, 0.2) is 42.5 Å². The third kappa shape index (κ3) is 3.78. The number of hydrogen-bond acceptors (Lipinski definition) is 4. The number of para-hydroxylation sites is 1. The molecule has 0 aliphatic carbocycles. The van der Waals surface area contributed by atoms with Crippen LogP contribution in [0.4, 0.5) is 0 Å². The van der Waals surface area contributed by atoms with Gasteiger partial charge in [0, 0.05) is 12.0 Å². The van der Waals surface area contributed by atoms with E-state index in [0.29, 0.717) is 6.42 Å². The third-order valence-corrected chi connectivity index (χ3v) is 5.61. The molecule has 2 heterocycles. The Kier molecular flexibility index (Phi) is 5.39. The fraction of sp³-hybridized carbons (Fsp3) is 0.409. The van der Waals surface area contributed by atoms with Crippen LogP contribution in [-0.2, 0) is 17.8 Å². The summed E-state index contributed by atoms with van der Waals surface area (Å²) in [6, 6.07) is 14.0. The smallest absolute Gasteiger partial charge is 0.264 e. The molecule has 0 saturated carbocycles. The van der Waals surface area contributed by atoms with Gasteiger partial charge in [-0.1, -0.05) is 18.2 Å². The Morgan fingerprint density at radius 2 is 1.86 bits per heavy atom. The first-order chi connectivity index (χ1) is 13.7. The zero-order valence-electron chi connectivity index (χ0n) is 16.4. The van der Waals surface area contributed by atoms with E-state index in [4.69, 9.17) is 14.2 Å². The van der Waals surface area contributed by atoms with E-state index < -0.39 is 0 Å². The maximum Gasteiger partial charge on any atom is 0.264 e. The van der Waals surface area contributed by atoms with Gasteiger partial charge in [-0.05, 0) is 29.8 Å². The molecule has 0 bridgehead atoms. The molecular weight excluding hydrogens is 356 g/mol. The van der Waals surface area contributed by atoms with Crippen LogP contribution in [0.2, 0.25) is 0 Å². The highest BCUT2D eigenvalue weighted by Crippen LogP contribution is 2.29. The van der Waals surface area contributed by atoms with Crippen molar-refractivity contribution in [3.8, 4) is 17.2 Å². The lowest BCUT2D eigenvalue weighted by atomic mass is 10.1. The highest BCUT2D eigenvalue weighted by atomic mass is 16.5. The molecule has 1 fully saturated rings. The van der Waals surface area contributed by atoms with Gasteiger partial charge in [0.05, 0.1) is 40.4 Å². The minimum atomic E-state index is -0.371. The van der Waals surface area contributed by atoms with Gasteiger partial charge in [0.15, 0.2) is 17.6 Å². The molecule has 6 nitrogen and oxygen atoms in total. The van der Waals surface area contributed by atoms with Gasteiger partial charge in [-0.25, -0.2) is 0 Å². The molecule has 0 aromatic heterocycles. The van der Waals surface area contributed by atoms with Gasteiger partial charge in [-0.15, -0.1) is 0 Å². The average molecular weight is 383 g/mol. The molecule has 2 aliphatic heterocycles. The van der Waals surface area contributed by atoms with E-state index in [0.717, 1.165) is 55.5 Å². The second-order valence-corrected chi connectivity index (χ2v) is 7.36. The molecule has 0 spiro atoms. The average Bonchev–Trinajstić information content (AvgIpc) is 3.18. The van der Waals surface area contributed by atoms with Crippen LogP contribution in [0.5, 0.6) is 17.2 Å². The predicted molar refractivity (Wildman–Crippen MR) is 105 cm³/mol. The molecule has 0 unspecified atom stereocenters. The van der Waals surface area contributed by atoms with Gasteiger partial charge >= 0.3 is 0 Å². The highest BCUT2D eigenvalue weighted by molar-refractivity contribution is 5.82. The largest absolute Gasteiger partial charge is 0.493 e. The summed E-state index contributed by atoms with van der Waals surface area (Å²) in [5, 5.41) is 0. The van der Waals surface area contributed by atoms with Crippen LogP contribution >= 0.6 is 0 Å². The monoisotopic (exact) mass is 383 g/mol. The summed E-state index contributed by atoms with van der Waals surface area (Å²) in [6.07, 6.45) is 0.304. The molecule has 4 rings (SSSR count). The minimum Gasteiger partial charge on any atom is -0.493 e. The van der Waals surface area contributed by atoms with Crippen LogP contribution in [0, 0.1) is 0 Å². The van der Waals surface area contributed by atoms with Crippen LogP contribution in [0.1, 0.15) is 11.1 Å². The van der Waals surface area contributed by atoms with Gasteiger partial charge in [-0.2, -0.15) is 0 Å². The molecule has 2 aromatic carbocycles. The second kappa shape index (κ2) is 8.10. The number of ether oxygens (including phenoxy) is 3. The number of fused-ring (bicyclic) bond motifs is 1. The lowest BCUT2D eigenvalue weighted by Crippen LogP contribution is -3.13. The molecule has 1 atom stereocenters. The summed E-state index contributed by atoms with van der Waals surface area (Å²) in [5.41, 5.74) is 2.33. The molecule has 2 aliphatic rings. The molecular formula is C22H27N2O4+. The van der Waals surface area contributed by atoms with Crippen LogP contribution in [-0.4, -0.2) is 57.3 Å². The summed E-state index contributed by atoms with van der Waals surface area (Å²) in [4.78, 5) is 16.3. The lowest BCUT2D eigenvalue weighted by Gasteiger charge is -2.33. The van der Waals surface area contributed by atoms with Crippen molar-refractivity contribution < 1.29 is 23.9 Å². The summed E-state index contributed by atoms with van der Waals surface area (Å²) in [5.74, 6) is 2.46. The van der Waals surface area contributed by atoms with Crippen molar-refractivity contribution in [1.82, 2.24) is 4.90 Å². The van der Waals surface area contributed by atoms with Gasteiger partial charge in [-0.3, -0.25) is 4.79 Å². The van der Waals surface area contributed by atoms with Crippen molar-refractivity contribution in [3.05, 3.63) is 53.6 Å². The Morgan fingerprint density at radius 1 is 1.11 bits per heavy atom. The van der Waals surface area contributed by atoms with Gasteiger partial charge in [0.25, 0.3) is 5.91 Å². The fourth-order valence-electron chi connectivity index (χ4n) is 4.02. The number of methoxy groups -OCH3 is 2. The molecule has 148 valence electrons. The first-order valence-corrected chi connectivity index (χ1v) is 9.75. The number of benzene rings is 2. The molecule has 1 amide bonds. The SMILES string of the molecule is COc1ccc(C[NH+]2CCN(C(=O)[C@H]3Cc4ccccc4O3)CC2)cc1OC. The van der Waals surface area contributed by atoms with Crippen molar-refractivity contribution in [2.45, 2.75) is 19.1 Å². The number of nitrogens with one attached hydrogen (secondary N) is 1. The molecule has 28 heavy (non-hydrogen) atoms. The first-order valence-electron chi connectivity index (χ1n) is 9.75. The lowest BCUT2D eigenvalue weighted by molar-refractivity contribution is -0.917. The van der Waals surface area contributed by atoms with Crippen molar-refractivity contribution >= 4 is 5.91 Å². The maximum atomic E-state index is 12.8. The summed E-state index contributed by atoms with van der Waals surface area (Å²) >= 11 is 0. The summed E-state index contributed by atoms with van der Waals surface area (Å²) < 4.78 is 16.6. The normalized spacial score (nSPS) is 19.1. The van der Waals surface area contributed by atoms with Crippen molar-refractivity contribution in [1.29, 1.82) is 0 Å². The van der Waals surface area contributed by atoms with Gasteiger partial charge in [0.2, 0.25) is 0 Å². The predicted octanol–water partition coefficient (Wildman–Crippen LogP) is 0.935. The Hall–Kier alpha value is -2.73. The van der Waals surface area contributed by atoms with E-state index in [2.05, 4.69) is 6.07 Å². The van der Waals surface area contributed by atoms with E-state index in [1.54, 1.807) is 14.2 Å². The number of piperazine rings is 1. The molecule has 0 radical (unpaired) electrons. The summed E-state index contributed by atoms with van der Waals surface area (Å²) in [7, 11) is 3.30. The maximum absolute atomic E-state index is 12.8. The number of hydrogen-bond donors (Lipinski definition) is 1. The number of carbonyl (C=O) groups excluding carboxylic acids is 1. The number of nitrogens with zero attached hydrogens (tertiary/aromatic N) is 1. The van der Waals surface area contributed by atoms with E-state index in [1.165, 1.54) is 10.5 Å². The Morgan fingerprint density at radius 3 is 2.57 bits per heavy atom. The zero-order valence-corrected chi connectivity index (χ0v) is 16.4. The number of carbonyl (C=O) groups is 1. The van der Waals surface area contributed by atoms with Crippen molar-refractivity contribution in [2.24, 2.45) is 0 Å². The first kappa shape index (κ1) is 18.6. The standard InChI is InChI=1S/C22H26N2O4/c1-26-19-8-7-16(13-20(19)27-2)15-23-9-11-24(12-10-23)22(25)21-14-17-5-3-4-6-18(17)28-21/h3-8,13,21H,9-12,14-15H2,1-2H3/p+1/t21-/m1/s1. The third-order valence-electron chi connectivity index (χ3n) is 5.61. The fourth-order valence-corrected chi connectivity index (χ4v) is 4.02. The molecule has 1 N–H and O–H groups in total. The topological polar surface area (TPSA) is 52.4 Å². The Balaban J connectivity index is 1.31. The Labute approximate surface area is 165 Å². The number of quaternary nitrogens is 1. The van der Waals surface area contributed by atoms with E-state index in [-0.39, 0.29) is 12.0 Å². The van der Waals surface area contributed by atoms with E-state index in [1.807, 2.05) is 41.3 Å². The quantitative estimate of drug-likeness (QED) is 0.835. The number of amides is 1. The minimum absolute atomic E-state index is 0.112. The van der Waals surface area contributed by atoms with Gasteiger partial charge in [0.1, 0.15) is 12.3 Å². The van der Waals surface area contributed by atoms with E-state index in [9.17, 15) is 4.79 Å². The van der Waals surface area contributed by atoms with Crippen LogP contribution in [0.3, 0.4) is 0 Å². The Bertz CT molecular complexity index is 821. The second-order valence-electron chi connectivity index (χ2n) is 7.36. The highest BCUT2D eigenvalue weighted by Gasteiger charge is 2.34. The number of rotatable bonds is 5. The molecule has 2 aromatic rings. The molecule has 6 heteroatoms. The van der Waals surface area contributed by atoms with Crippen LogP contribution < -0.4 is 19.1 Å². The zero-order chi connectivity index (χ0) is 19.5. The van der Waals surface area contributed by atoms with Crippen LogP contribution in [0.25, 0.3) is 0 Å². The van der Waals surface area contributed by atoms with E-state index >= 15 is 0 Å². The van der Waals surface area contributed by atoms with Crippen molar-refractivity contribution in [3.63, 3.8) is 0 Å².